The monoisotopic (exact) mass is 487 g/mol. The molecular weight excluding hydrogens is 459 g/mol. The van der Waals surface area contributed by atoms with Gasteiger partial charge in [-0.2, -0.15) is 18.4 Å². The molecule has 0 aromatic heterocycles. The minimum Gasteiger partial charge on any atom is -0.497 e. The number of ether oxygens (including phenoxy) is 1. The SMILES string of the molecule is COc1cccc(CCC(=O)N2CC[C@@]3(CO)CN(c4ccc(C#N)c(C(F)(F)F)c4)C[C@H]3C2)c1. The number of aliphatic hydroxyl groups excluding tert-OH is 1. The van der Waals surface area contributed by atoms with Crippen LogP contribution in [0.2, 0.25) is 0 Å². The smallest absolute Gasteiger partial charge is 0.417 e. The van der Waals surface area contributed by atoms with Gasteiger partial charge in [0.2, 0.25) is 5.91 Å². The van der Waals surface area contributed by atoms with E-state index in [2.05, 4.69) is 0 Å². The number of nitriles is 1. The molecule has 2 aromatic rings. The number of aryl methyl sites for hydroxylation is 1. The summed E-state index contributed by atoms with van der Waals surface area (Å²) in [6.45, 7) is 1.70. The molecule has 9 heteroatoms. The van der Waals surface area contributed by atoms with Crippen molar-refractivity contribution in [2.24, 2.45) is 11.3 Å². The van der Waals surface area contributed by atoms with Crippen LogP contribution in [0.3, 0.4) is 0 Å². The lowest BCUT2D eigenvalue weighted by Gasteiger charge is -2.42. The number of methoxy groups -OCH3 is 1. The topological polar surface area (TPSA) is 76.8 Å². The molecule has 0 aliphatic carbocycles. The first-order valence-corrected chi connectivity index (χ1v) is 11.6. The van der Waals surface area contributed by atoms with Crippen LogP contribution in [0.1, 0.15) is 29.5 Å². The molecule has 2 heterocycles. The zero-order valence-electron chi connectivity index (χ0n) is 19.5. The van der Waals surface area contributed by atoms with Crippen molar-refractivity contribution in [1.82, 2.24) is 4.90 Å². The quantitative estimate of drug-likeness (QED) is 0.670. The first-order chi connectivity index (χ1) is 16.7. The molecule has 2 atom stereocenters. The van der Waals surface area contributed by atoms with Crippen LogP contribution in [0.5, 0.6) is 5.75 Å². The molecular formula is C26H28F3N3O3. The molecule has 2 fully saturated rings. The summed E-state index contributed by atoms with van der Waals surface area (Å²) in [5, 5.41) is 19.3. The maximum Gasteiger partial charge on any atom is 0.417 e. The van der Waals surface area contributed by atoms with E-state index in [0.29, 0.717) is 51.1 Å². The lowest BCUT2D eigenvalue weighted by atomic mass is 9.73. The fraction of sp³-hybridized carbons (Fsp3) is 0.462. The van der Waals surface area contributed by atoms with Gasteiger partial charge >= 0.3 is 6.18 Å². The number of fused-ring (bicyclic) bond motifs is 1. The lowest BCUT2D eigenvalue weighted by Crippen LogP contribution is -2.50. The Hall–Kier alpha value is -3.25. The van der Waals surface area contributed by atoms with E-state index in [0.717, 1.165) is 17.4 Å². The van der Waals surface area contributed by atoms with Crippen molar-refractivity contribution in [3.8, 4) is 11.8 Å². The summed E-state index contributed by atoms with van der Waals surface area (Å²) in [5.74, 6) is 0.700. The van der Waals surface area contributed by atoms with Crippen molar-refractivity contribution in [2.45, 2.75) is 25.4 Å². The van der Waals surface area contributed by atoms with Crippen LogP contribution in [0.15, 0.2) is 42.5 Å². The van der Waals surface area contributed by atoms with Gasteiger partial charge in [0.05, 0.1) is 30.9 Å². The van der Waals surface area contributed by atoms with Crippen molar-refractivity contribution in [1.29, 1.82) is 5.26 Å². The number of aliphatic hydroxyl groups is 1. The summed E-state index contributed by atoms with van der Waals surface area (Å²) in [5.41, 5.74) is -0.472. The molecule has 0 spiro atoms. The largest absolute Gasteiger partial charge is 0.497 e. The molecule has 0 saturated carbocycles. The zero-order valence-corrected chi connectivity index (χ0v) is 19.5. The van der Waals surface area contributed by atoms with E-state index in [4.69, 9.17) is 10.00 Å². The third-order valence-electron chi connectivity index (χ3n) is 7.36. The number of alkyl halides is 3. The molecule has 2 aliphatic rings. The third kappa shape index (κ3) is 5.08. The van der Waals surface area contributed by atoms with Crippen LogP contribution in [0.4, 0.5) is 18.9 Å². The zero-order chi connectivity index (χ0) is 25.2. The number of likely N-dealkylation sites (tertiary alicyclic amines) is 1. The molecule has 0 radical (unpaired) electrons. The standard InChI is InChI=1S/C26H28F3N3O3/c1-35-22-4-2-3-18(11-22)5-8-24(34)31-10-9-25(17-33)16-32(15-20(25)14-31)21-7-6-19(13-30)23(12-21)26(27,28)29/h2-4,6-7,11-12,20,33H,5,8-10,14-17H2,1H3/t20-,25+/m1/s1. The molecule has 1 N–H and O–H groups in total. The predicted octanol–water partition coefficient (Wildman–Crippen LogP) is 3.87. The maximum atomic E-state index is 13.5. The molecule has 2 saturated heterocycles. The first kappa shape index (κ1) is 24.9. The Labute approximate surface area is 202 Å². The van der Waals surface area contributed by atoms with E-state index in [-0.39, 0.29) is 18.4 Å². The number of piperidine rings is 1. The van der Waals surface area contributed by atoms with Crippen LogP contribution in [0, 0.1) is 22.7 Å². The average molecular weight is 488 g/mol. The fourth-order valence-electron chi connectivity index (χ4n) is 5.26. The van der Waals surface area contributed by atoms with Crippen LogP contribution in [0.25, 0.3) is 0 Å². The normalized spacial score (nSPS) is 22.0. The van der Waals surface area contributed by atoms with Gasteiger partial charge in [0, 0.05) is 49.6 Å². The number of carbonyl (C=O) groups is 1. The molecule has 4 rings (SSSR count). The number of benzene rings is 2. The molecule has 35 heavy (non-hydrogen) atoms. The van der Waals surface area contributed by atoms with Crippen molar-refractivity contribution in [3.63, 3.8) is 0 Å². The number of carbonyl (C=O) groups excluding carboxylic acids is 1. The fourth-order valence-corrected chi connectivity index (χ4v) is 5.26. The van der Waals surface area contributed by atoms with Crippen LogP contribution < -0.4 is 9.64 Å². The first-order valence-electron chi connectivity index (χ1n) is 11.6. The minimum absolute atomic E-state index is 0.0236. The molecule has 0 unspecified atom stereocenters. The number of halogens is 3. The molecule has 6 nitrogen and oxygen atoms in total. The predicted molar refractivity (Wildman–Crippen MR) is 124 cm³/mol. The average Bonchev–Trinajstić information content (AvgIpc) is 3.26. The van der Waals surface area contributed by atoms with Gasteiger partial charge in [-0.1, -0.05) is 12.1 Å². The van der Waals surface area contributed by atoms with E-state index in [9.17, 15) is 23.1 Å². The van der Waals surface area contributed by atoms with Gasteiger partial charge in [-0.05, 0) is 48.7 Å². The number of hydrogen-bond acceptors (Lipinski definition) is 5. The number of rotatable bonds is 6. The third-order valence-corrected chi connectivity index (χ3v) is 7.36. The Bertz CT molecular complexity index is 1130. The summed E-state index contributed by atoms with van der Waals surface area (Å²) in [6.07, 6.45) is -3.12. The molecule has 1 amide bonds. The molecule has 2 aliphatic heterocycles. The van der Waals surface area contributed by atoms with E-state index < -0.39 is 22.7 Å². The van der Waals surface area contributed by atoms with Crippen molar-refractivity contribution in [2.75, 3.05) is 44.8 Å². The molecule has 186 valence electrons. The van der Waals surface area contributed by atoms with Crippen LogP contribution in [-0.2, 0) is 17.4 Å². The second kappa shape index (κ2) is 9.78. The maximum absolute atomic E-state index is 13.5. The van der Waals surface area contributed by atoms with E-state index >= 15 is 0 Å². The van der Waals surface area contributed by atoms with Crippen LogP contribution >= 0.6 is 0 Å². The van der Waals surface area contributed by atoms with Gasteiger partial charge in [0.1, 0.15) is 5.75 Å². The van der Waals surface area contributed by atoms with E-state index in [1.807, 2.05) is 34.1 Å². The lowest BCUT2D eigenvalue weighted by molar-refractivity contribution is -0.138. The van der Waals surface area contributed by atoms with Gasteiger partial charge in [0.25, 0.3) is 0 Å². The van der Waals surface area contributed by atoms with Gasteiger partial charge in [-0.25, -0.2) is 0 Å². The van der Waals surface area contributed by atoms with Gasteiger partial charge in [-0.15, -0.1) is 0 Å². The number of amides is 1. The second-order valence-corrected chi connectivity index (χ2v) is 9.38. The Morgan fingerprint density at radius 1 is 1.26 bits per heavy atom. The highest BCUT2D eigenvalue weighted by Gasteiger charge is 2.50. The van der Waals surface area contributed by atoms with E-state index in [1.54, 1.807) is 13.2 Å². The van der Waals surface area contributed by atoms with Gasteiger partial charge in [-0.3, -0.25) is 4.79 Å². The summed E-state index contributed by atoms with van der Waals surface area (Å²) < 4.78 is 45.6. The number of hydrogen-bond donors (Lipinski definition) is 1. The summed E-state index contributed by atoms with van der Waals surface area (Å²) in [7, 11) is 1.60. The highest BCUT2D eigenvalue weighted by molar-refractivity contribution is 5.76. The molecule has 0 bridgehead atoms. The number of nitrogens with zero attached hydrogens (tertiary/aromatic N) is 3. The second-order valence-electron chi connectivity index (χ2n) is 9.38. The summed E-state index contributed by atoms with van der Waals surface area (Å²) >= 11 is 0. The van der Waals surface area contributed by atoms with Crippen molar-refractivity contribution in [3.05, 3.63) is 59.2 Å². The van der Waals surface area contributed by atoms with Crippen molar-refractivity contribution < 1.29 is 27.8 Å². The summed E-state index contributed by atoms with van der Waals surface area (Å²) in [4.78, 5) is 16.6. The Morgan fingerprint density at radius 3 is 2.74 bits per heavy atom. The molecule has 2 aromatic carbocycles. The van der Waals surface area contributed by atoms with Gasteiger partial charge < -0.3 is 19.6 Å². The Kier molecular flexibility index (Phi) is 6.95. The highest BCUT2D eigenvalue weighted by Crippen LogP contribution is 2.45. The van der Waals surface area contributed by atoms with E-state index in [1.165, 1.54) is 12.1 Å². The minimum atomic E-state index is -4.63. The van der Waals surface area contributed by atoms with Crippen molar-refractivity contribution >= 4 is 11.6 Å². The number of anilines is 1. The van der Waals surface area contributed by atoms with Crippen LogP contribution in [-0.4, -0.2) is 55.8 Å². The van der Waals surface area contributed by atoms with Gasteiger partial charge in [0.15, 0.2) is 0 Å². The highest BCUT2D eigenvalue weighted by atomic mass is 19.4. The Morgan fingerprint density at radius 2 is 2.06 bits per heavy atom. The summed E-state index contributed by atoms with van der Waals surface area (Å²) in [6, 6.07) is 12.9. The Balaban J connectivity index is 1.45.